The second-order valence-electron chi connectivity index (χ2n) is 6.18. The number of nitrogens with one attached hydrogen (secondary N) is 2. The molecule has 0 aromatic heterocycles. The maximum atomic E-state index is 14.4. The van der Waals surface area contributed by atoms with Gasteiger partial charge in [-0.1, -0.05) is 0 Å². The fourth-order valence-corrected chi connectivity index (χ4v) is 2.78. The smallest absolute Gasteiger partial charge is 0.146 e. The van der Waals surface area contributed by atoms with E-state index in [1.165, 1.54) is 6.07 Å². The van der Waals surface area contributed by atoms with Gasteiger partial charge in [0.2, 0.25) is 0 Å². The molecule has 2 rings (SSSR count). The number of hydrogen-bond acceptors (Lipinski definition) is 6. The van der Waals surface area contributed by atoms with Crippen molar-refractivity contribution < 1.29 is 13.9 Å². The Morgan fingerprint density at radius 2 is 2.23 bits per heavy atom. The average molecular weight is 360 g/mol. The van der Waals surface area contributed by atoms with Gasteiger partial charge in [-0.25, -0.2) is 4.39 Å². The van der Waals surface area contributed by atoms with E-state index in [0.717, 1.165) is 16.8 Å². The van der Waals surface area contributed by atoms with Gasteiger partial charge in [0.25, 0.3) is 0 Å². The number of rotatable bonds is 8. The van der Waals surface area contributed by atoms with Gasteiger partial charge >= 0.3 is 0 Å². The van der Waals surface area contributed by atoms with Crippen LogP contribution in [0, 0.1) is 17.1 Å². The van der Waals surface area contributed by atoms with Crippen molar-refractivity contribution >= 4 is 11.8 Å². The molecule has 0 saturated carbocycles. The van der Waals surface area contributed by atoms with Gasteiger partial charge in [-0.2, -0.15) is 5.26 Å². The lowest BCUT2D eigenvalue weighted by molar-refractivity contribution is 0.156. The molecule has 0 bridgehead atoms. The van der Waals surface area contributed by atoms with E-state index in [9.17, 15) is 9.65 Å². The van der Waals surface area contributed by atoms with Crippen molar-refractivity contribution in [3.8, 4) is 6.07 Å². The summed E-state index contributed by atoms with van der Waals surface area (Å²) in [7, 11) is 6.84. The highest BCUT2D eigenvalue weighted by Gasteiger charge is 2.23. The molecule has 0 aliphatic carbocycles. The number of methoxy groups -OCH3 is 2. The summed E-state index contributed by atoms with van der Waals surface area (Å²) in [4.78, 5) is 1.79. The zero-order valence-electron chi connectivity index (χ0n) is 15.6. The molecular weight excluding hydrogens is 335 g/mol. The number of hydrogen-bond donors (Lipinski definition) is 2. The van der Waals surface area contributed by atoms with Gasteiger partial charge < -0.3 is 25.0 Å². The Hall–Kier alpha value is -2.56. The first kappa shape index (κ1) is 19.8. The summed E-state index contributed by atoms with van der Waals surface area (Å²) in [5, 5.41) is 15.7. The summed E-state index contributed by atoms with van der Waals surface area (Å²) in [6.07, 6.45) is 3.02. The summed E-state index contributed by atoms with van der Waals surface area (Å²) in [6, 6.07) is 5.47. The molecule has 7 heteroatoms. The van der Waals surface area contributed by atoms with Crippen molar-refractivity contribution in [1.29, 1.82) is 5.26 Å². The molecule has 26 heavy (non-hydrogen) atoms. The Labute approximate surface area is 153 Å². The standard InChI is InChI=1S/C19H25FN4O2/c1-24(2)12-15(10-21)19(26-4)18-8-13-7-16(20)17(22-5-6-25-3)9-14(13)11-23-18/h7-9,12,19,22-23H,5-6,11H2,1-4H3/b15-12+/t19-/m0/s1. The topological polar surface area (TPSA) is 69.5 Å². The molecule has 1 aliphatic rings. The van der Waals surface area contributed by atoms with Gasteiger partial charge in [-0.3, -0.25) is 0 Å². The van der Waals surface area contributed by atoms with Gasteiger partial charge in [0.15, 0.2) is 0 Å². The summed E-state index contributed by atoms with van der Waals surface area (Å²) in [5.74, 6) is -0.323. The number of nitrogens with zero attached hydrogens (tertiary/aromatic N) is 2. The van der Waals surface area contributed by atoms with E-state index >= 15 is 0 Å². The lowest BCUT2D eigenvalue weighted by Gasteiger charge is -2.26. The summed E-state index contributed by atoms with van der Waals surface area (Å²) in [6.45, 7) is 1.57. The first-order valence-corrected chi connectivity index (χ1v) is 8.31. The van der Waals surface area contributed by atoms with E-state index in [1.807, 2.05) is 20.2 Å². The largest absolute Gasteiger partial charge is 0.383 e. The SMILES string of the molecule is COCCNc1cc2c(cc1F)C=C([C@@H](OC)/C(C#N)=C/N(C)C)NC2. The third-order valence-corrected chi connectivity index (χ3v) is 3.97. The molecule has 0 unspecified atom stereocenters. The number of ether oxygens (including phenoxy) is 2. The maximum Gasteiger partial charge on any atom is 0.146 e. The highest BCUT2D eigenvalue weighted by Crippen LogP contribution is 2.27. The van der Waals surface area contributed by atoms with Crippen LogP contribution in [-0.2, 0) is 16.0 Å². The Morgan fingerprint density at radius 1 is 1.46 bits per heavy atom. The minimum Gasteiger partial charge on any atom is -0.383 e. The molecule has 1 heterocycles. The van der Waals surface area contributed by atoms with Crippen molar-refractivity contribution in [2.24, 2.45) is 0 Å². The molecular formula is C19H25FN4O2. The summed E-state index contributed by atoms with van der Waals surface area (Å²) >= 11 is 0. The number of nitriles is 1. The summed E-state index contributed by atoms with van der Waals surface area (Å²) < 4.78 is 24.8. The van der Waals surface area contributed by atoms with Crippen LogP contribution < -0.4 is 10.6 Å². The molecule has 1 aromatic carbocycles. The lowest BCUT2D eigenvalue weighted by atomic mass is 9.97. The first-order chi connectivity index (χ1) is 12.5. The molecule has 1 aliphatic heterocycles. The van der Waals surface area contributed by atoms with E-state index in [1.54, 1.807) is 31.4 Å². The van der Waals surface area contributed by atoms with Gasteiger partial charge in [0.1, 0.15) is 11.9 Å². The van der Waals surface area contributed by atoms with Crippen LogP contribution >= 0.6 is 0 Å². The van der Waals surface area contributed by atoms with E-state index in [2.05, 4.69) is 16.7 Å². The van der Waals surface area contributed by atoms with Crippen LogP contribution in [0.2, 0.25) is 0 Å². The fourth-order valence-electron chi connectivity index (χ4n) is 2.78. The quantitative estimate of drug-likeness (QED) is 0.548. The number of fused-ring (bicyclic) bond motifs is 1. The average Bonchev–Trinajstić information content (AvgIpc) is 2.61. The van der Waals surface area contributed by atoms with E-state index < -0.39 is 6.10 Å². The molecule has 1 aromatic rings. The third kappa shape index (κ3) is 4.75. The summed E-state index contributed by atoms with van der Waals surface area (Å²) in [5.41, 5.74) is 3.40. The molecule has 0 fully saturated rings. The second kappa shape index (κ2) is 9.22. The number of halogens is 1. The first-order valence-electron chi connectivity index (χ1n) is 8.31. The van der Waals surface area contributed by atoms with Gasteiger partial charge in [0, 0.05) is 53.3 Å². The van der Waals surface area contributed by atoms with Crippen molar-refractivity contribution in [2.45, 2.75) is 12.6 Å². The Morgan fingerprint density at radius 3 is 2.85 bits per heavy atom. The molecule has 140 valence electrons. The molecule has 0 saturated heterocycles. The zero-order chi connectivity index (χ0) is 19.1. The molecule has 6 nitrogen and oxygen atoms in total. The molecule has 0 spiro atoms. The highest BCUT2D eigenvalue weighted by molar-refractivity contribution is 5.65. The Balaban J connectivity index is 2.30. The van der Waals surface area contributed by atoms with E-state index in [-0.39, 0.29) is 5.82 Å². The van der Waals surface area contributed by atoms with Crippen LogP contribution in [0.1, 0.15) is 11.1 Å². The fraction of sp³-hybridized carbons (Fsp3) is 0.421. The van der Waals surface area contributed by atoms with E-state index in [0.29, 0.717) is 31.0 Å². The predicted octanol–water partition coefficient (Wildman–Crippen LogP) is 2.31. The van der Waals surface area contributed by atoms with Gasteiger partial charge in [0.05, 0.1) is 23.9 Å². The second-order valence-corrected chi connectivity index (χ2v) is 6.18. The van der Waals surface area contributed by atoms with E-state index in [4.69, 9.17) is 9.47 Å². The molecule has 2 N–H and O–H groups in total. The highest BCUT2D eigenvalue weighted by atomic mass is 19.1. The molecule has 1 atom stereocenters. The molecule has 0 radical (unpaired) electrons. The normalized spacial score (nSPS) is 14.6. The molecule has 0 amide bonds. The number of anilines is 1. The van der Waals surface area contributed by atoms with Crippen molar-refractivity contribution in [3.63, 3.8) is 0 Å². The van der Waals surface area contributed by atoms with Crippen molar-refractivity contribution in [2.75, 3.05) is 46.8 Å². The third-order valence-electron chi connectivity index (χ3n) is 3.97. The van der Waals surface area contributed by atoms with Crippen LogP contribution in [0.5, 0.6) is 0 Å². The van der Waals surface area contributed by atoms with Crippen LogP contribution in [0.4, 0.5) is 10.1 Å². The minimum atomic E-state index is -0.530. The van der Waals surface area contributed by atoms with Gasteiger partial charge in [-0.05, 0) is 29.3 Å². The predicted molar refractivity (Wildman–Crippen MR) is 99.8 cm³/mol. The van der Waals surface area contributed by atoms with Crippen LogP contribution in [0.3, 0.4) is 0 Å². The minimum absolute atomic E-state index is 0.323. The zero-order valence-corrected chi connectivity index (χ0v) is 15.6. The van der Waals surface area contributed by atoms with Crippen molar-refractivity contribution in [1.82, 2.24) is 10.2 Å². The van der Waals surface area contributed by atoms with Crippen molar-refractivity contribution in [3.05, 3.63) is 46.5 Å². The number of benzene rings is 1. The Kier molecular flexibility index (Phi) is 7.01. The van der Waals surface area contributed by atoms with Crippen LogP contribution in [0.15, 0.2) is 29.6 Å². The Bertz CT molecular complexity index is 738. The maximum absolute atomic E-state index is 14.4. The van der Waals surface area contributed by atoms with Gasteiger partial charge in [-0.15, -0.1) is 0 Å². The lowest BCUT2D eigenvalue weighted by Crippen LogP contribution is -2.30. The van der Waals surface area contributed by atoms with Crippen LogP contribution in [-0.4, -0.2) is 52.5 Å². The van der Waals surface area contributed by atoms with Crippen LogP contribution in [0.25, 0.3) is 6.08 Å². The monoisotopic (exact) mass is 360 g/mol.